The van der Waals surface area contributed by atoms with E-state index in [0.717, 1.165) is 5.69 Å². The predicted octanol–water partition coefficient (Wildman–Crippen LogP) is -0.755. The quantitative estimate of drug-likeness (QED) is 0.563. The van der Waals surface area contributed by atoms with Crippen molar-refractivity contribution in [1.29, 1.82) is 0 Å². The molecule has 9 nitrogen and oxygen atoms in total. The first-order valence-electron chi connectivity index (χ1n) is 7.52. The van der Waals surface area contributed by atoms with E-state index in [9.17, 15) is 14.4 Å². The minimum Gasteiger partial charge on any atom is -0.370 e. The van der Waals surface area contributed by atoms with Crippen LogP contribution in [0.4, 0.5) is 16.2 Å². The molecule has 1 heterocycles. The number of hydrogen-bond donors (Lipinski definition) is 4. The summed E-state index contributed by atoms with van der Waals surface area (Å²) in [7, 11) is 1.45. The number of benzene rings is 1. The molecule has 24 heavy (non-hydrogen) atoms. The fraction of sp³-hybridized carbons (Fsp3) is 0.400. The van der Waals surface area contributed by atoms with Crippen molar-refractivity contribution >= 4 is 29.2 Å². The lowest BCUT2D eigenvalue weighted by Crippen LogP contribution is -2.50. The van der Waals surface area contributed by atoms with Crippen LogP contribution < -0.4 is 26.6 Å². The smallest absolute Gasteiger partial charge is 0.315 e. The molecule has 0 saturated carbocycles. The minimum absolute atomic E-state index is 0.0282. The molecule has 0 aromatic heterocycles. The summed E-state index contributed by atoms with van der Waals surface area (Å²) in [5.41, 5.74) is 6.79. The SMILES string of the molecule is CNC(=O)N[C@@H](CN)C(=O)Nc1ccc(N2CCOCC2=O)cc1. The van der Waals surface area contributed by atoms with E-state index < -0.39 is 18.0 Å². The Kier molecular flexibility index (Phi) is 6.10. The van der Waals surface area contributed by atoms with Crippen molar-refractivity contribution in [3.63, 3.8) is 0 Å². The molecule has 5 N–H and O–H groups in total. The Bertz CT molecular complexity index is 604. The first-order valence-corrected chi connectivity index (χ1v) is 7.52. The zero-order valence-corrected chi connectivity index (χ0v) is 13.4. The highest BCUT2D eigenvalue weighted by atomic mass is 16.5. The second-order valence-corrected chi connectivity index (χ2v) is 5.15. The molecule has 4 amide bonds. The Hall–Kier alpha value is -2.65. The van der Waals surface area contributed by atoms with Crippen LogP contribution in [0, 0.1) is 0 Å². The Morgan fingerprint density at radius 3 is 2.62 bits per heavy atom. The Morgan fingerprint density at radius 1 is 1.33 bits per heavy atom. The van der Waals surface area contributed by atoms with Gasteiger partial charge in [-0.2, -0.15) is 0 Å². The number of hydrogen-bond acceptors (Lipinski definition) is 5. The number of urea groups is 1. The van der Waals surface area contributed by atoms with Crippen LogP contribution in [0.25, 0.3) is 0 Å². The van der Waals surface area contributed by atoms with Crippen LogP contribution in [-0.2, 0) is 14.3 Å². The van der Waals surface area contributed by atoms with Gasteiger partial charge < -0.3 is 31.3 Å². The summed E-state index contributed by atoms with van der Waals surface area (Å²) >= 11 is 0. The molecule has 1 aromatic carbocycles. The zero-order valence-electron chi connectivity index (χ0n) is 13.4. The van der Waals surface area contributed by atoms with Crippen LogP contribution in [0.5, 0.6) is 0 Å². The van der Waals surface area contributed by atoms with Gasteiger partial charge in [-0.25, -0.2) is 4.79 Å². The van der Waals surface area contributed by atoms with Crippen LogP contribution >= 0.6 is 0 Å². The molecular weight excluding hydrogens is 314 g/mol. The Balaban J connectivity index is 1.98. The van der Waals surface area contributed by atoms with Crippen LogP contribution in [0.15, 0.2) is 24.3 Å². The van der Waals surface area contributed by atoms with Crippen molar-refractivity contribution in [2.45, 2.75) is 6.04 Å². The second kappa shape index (κ2) is 8.27. The summed E-state index contributed by atoms with van der Waals surface area (Å²) in [5, 5.41) is 7.49. The van der Waals surface area contributed by atoms with Crippen LogP contribution in [0.2, 0.25) is 0 Å². The first-order chi connectivity index (χ1) is 11.5. The molecule has 130 valence electrons. The average molecular weight is 335 g/mol. The molecule has 1 aliphatic rings. The summed E-state index contributed by atoms with van der Waals surface area (Å²) in [6, 6.07) is 5.52. The maximum atomic E-state index is 12.1. The van der Waals surface area contributed by atoms with E-state index in [4.69, 9.17) is 10.5 Å². The van der Waals surface area contributed by atoms with Gasteiger partial charge in [-0.1, -0.05) is 0 Å². The van der Waals surface area contributed by atoms with E-state index in [0.29, 0.717) is 18.8 Å². The van der Waals surface area contributed by atoms with Crippen molar-refractivity contribution in [3.05, 3.63) is 24.3 Å². The minimum atomic E-state index is -0.842. The molecular formula is C15H21N5O4. The van der Waals surface area contributed by atoms with E-state index in [-0.39, 0.29) is 19.1 Å². The van der Waals surface area contributed by atoms with E-state index in [1.807, 2.05) is 0 Å². The fourth-order valence-electron chi connectivity index (χ4n) is 2.21. The van der Waals surface area contributed by atoms with Crippen LogP contribution in [0.3, 0.4) is 0 Å². The molecule has 1 saturated heterocycles. The standard InChI is InChI=1S/C15H21N5O4/c1-17-15(23)19-12(8-16)14(22)18-10-2-4-11(5-3-10)20-6-7-24-9-13(20)21/h2-5,12H,6-9,16H2,1H3,(H,18,22)(H2,17,19,23)/t12-/m0/s1. The summed E-state index contributed by atoms with van der Waals surface area (Å²) in [6.45, 7) is 1.03. The second-order valence-electron chi connectivity index (χ2n) is 5.15. The summed E-state index contributed by atoms with van der Waals surface area (Å²) in [5.74, 6) is -0.521. The van der Waals surface area contributed by atoms with Crippen molar-refractivity contribution in [2.75, 3.05) is 43.6 Å². The molecule has 0 spiro atoms. The highest BCUT2D eigenvalue weighted by Gasteiger charge is 2.21. The Morgan fingerprint density at radius 2 is 2.04 bits per heavy atom. The van der Waals surface area contributed by atoms with Gasteiger partial charge in [0.1, 0.15) is 12.6 Å². The molecule has 2 rings (SSSR count). The van der Waals surface area contributed by atoms with Crippen molar-refractivity contribution < 1.29 is 19.1 Å². The highest BCUT2D eigenvalue weighted by Crippen LogP contribution is 2.19. The van der Waals surface area contributed by atoms with Gasteiger partial charge in [0.25, 0.3) is 5.91 Å². The van der Waals surface area contributed by atoms with Crippen molar-refractivity contribution in [3.8, 4) is 0 Å². The largest absolute Gasteiger partial charge is 0.370 e. The van der Waals surface area contributed by atoms with Crippen LogP contribution in [-0.4, -0.2) is 57.2 Å². The lowest BCUT2D eigenvalue weighted by atomic mass is 10.2. The van der Waals surface area contributed by atoms with E-state index in [2.05, 4.69) is 16.0 Å². The summed E-state index contributed by atoms with van der Waals surface area (Å²) in [6.07, 6.45) is 0. The molecule has 0 radical (unpaired) electrons. The fourth-order valence-corrected chi connectivity index (χ4v) is 2.21. The predicted molar refractivity (Wildman–Crippen MR) is 88.7 cm³/mol. The number of amides is 4. The maximum absolute atomic E-state index is 12.1. The van der Waals surface area contributed by atoms with E-state index >= 15 is 0 Å². The summed E-state index contributed by atoms with van der Waals surface area (Å²) in [4.78, 5) is 36.8. The van der Waals surface area contributed by atoms with Gasteiger partial charge in [0.2, 0.25) is 5.91 Å². The molecule has 0 unspecified atom stereocenters. The molecule has 1 fully saturated rings. The zero-order chi connectivity index (χ0) is 17.5. The van der Waals surface area contributed by atoms with Crippen molar-refractivity contribution in [1.82, 2.24) is 10.6 Å². The van der Waals surface area contributed by atoms with Crippen LogP contribution in [0.1, 0.15) is 0 Å². The Labute approximate surface area is 139 Å². The number of carbonyl (C=O) groups excluding carboxylic acids is 3. The average Bonchev–Trinajstić information content (AvgIpc) is 2.60. The molecule has 1 atom stereocenters. The number of anilines is 2. The first kappa shape index (κ1) is 17.7. The van der Waals surface area contributed by atoms with E-state index in [1.165, 1.54) is 7.05 Å². The van der Waals surface area contributed by atoms with Gasteiger partial charge in [0, 0.05) is 31.5 Å². The monoisotopic (exact) mass is 335 g/mol. The molecule has 9 heteroatoms. The number of nitrogens with zero attached hydrogens (tertiary/aromatic N) is 1. The number of ether oxygens (including phenoxy) is 1. The number of nitrogens with one attached hydrogen (secondary N) is 3. The number of carbonyl (C=O) groups is 3. The third-order valence-electron chi connectivity index (χ3n) is 3.52. The van der Waals surface area contributed by atoms with Gasteiger partial charge in [0.15, 0.2) is 0 Å². The van der Waals surface area contributed by atoms with Crippen molar-refractivity contribution in [2.24, 2.45) is 5.73 Å². The van der Waals surface area contributed by atoms with Gasteiger partial charge in [-0.3, -0.25) is 9.59 Å². The molecule has 0 bridgehead atoms. The lowest BCUT2D eigenvalue weighted by Gasteiger charge is -2.27. The number of nitrogens with two attached hydrogens (primary N) is 1. The highest BCUT2D eigenvalue weighted by molar-refractivity contribution is 5.98. The molecule has 1 aromatic rings. The number of rotatable bonds is 5. The third-order valence-corrected chi connectivity index (χ3v) is 3.52. The van der Waals surface area contributed by atoms with Gasteiger partial charge >= 0.3 is 6.03 Å². The van der Waals surface area contributed by atoms with Gasteiger partial charge in [-0.05, 0) is 24.3 Å². The normalized spacial score (nSPS) is 15.6. The number of morpholine rings is 1. The van der Waals surface area contributed by atoms with Gasteiger partial charge in [-0.15, -0.1) is 0 Å². The van der Waals surface area contributed by atoms with E-state index in [1.54, 1.807) is 29.2 Å². The topological polar surface area (TPSA) is 126 Å². The summed E-state index contributed by atoms with van der Waals surface area (Å²) < 4.78 is 5.09. The third kappa shape index (κ3) is 4.43. The van der Waals surface area contributed by atoms with Gasteiger partial charge in [0.05, 0.1) is 6.61 Å². The molecule has 1 aliphatic heterocycles. The lowest BCUT2D eigenvalue weighted by molar-refractivity contribution is -0.125. The molecule has 0 aliphatic carbocycles. The maximum Gasteiger partial charge on any atom is 0.315 e.